The minimum Gasteiger partial charge on any atom is -0.397 e. The second kappa shape index (κ2) is 6.86. The molecule has 0 radical (unpaired) electrons. The number of thiophene rings is 1. The van der Waals surface area contributed by atoms with Crippen molar-refractivity contribution >= 4 is 39.7 Å². The summed E-state index contributed by atoms with van der Waals surface area (Å²) in [6, 6.07) is 1.92. The van der Waals surface area contributed by atoms with E-state index in [1.54, 1.807) is 6.08 Å². The van der Waals surface area contributed by atoms with Crippen LogP contribution in [0, 0.1) is 0 Å². The van der Waals surface area contributed by atoms with Crippen molar-refractivity contribution in [3.8, 4) is 0 Å². The number of nitrogens with two attached hydrogens (primary N) is 1. The molecule has 6 heteroatoms. The fraction of sp³-hybridized carbons (Fsp3) is 0.462. The van der Waals surface area contributed by atoms with Gasteiger partial charge in [-0.15, -0.1) is 17.9 Å². The lowest BCUT2D eigenvalue weighted by molar-refractivity contribution is 0.0963. The average molecular weight is 297 g/mol. The Labute approximate surface area is 122 Å². The fourth-order valence-corrected chi connectivity index (χ4v) is 3.87. The predicted molar refractivity (Wildman–Crippen MR) is 85.4 cm³/mol. The van der Waals surface area contributed by atoms with Gasteiger partial charge in [-0.25, -0.2) is 0 Å². The van der Waals surface area contributed by atoms with Gasteiger partial charge in [-0.2, -0.15) is 11.8 Å². The first kappa shape index (κ1) is 14.3. The molecule has 0 aliphatic carbocycles. The van der Waals surface area contributed by atoms with Crippen molar-refractivity contribution < 1.29 is 4.79 Å². The number of rotatable bonds is 4. The van der Waals surface area contributed by atoms with E-state index in [1.165, 1.54) is 23.5 Å². The second-order valence-corrected chi connectivity index (χ2v) is 6.58. The SMILES string of the molecule is C=CCNC(=O)c1sc(N2CCCSCC2)cc1N. The molecule has 0 atom stereocenters. The second-order valence-electron chi connectivity index (χ2n) is 4.32. The third-order valence-corrected chi connectivity index (χ3v) is 5.15. The van der Waals surface area contributed by atoms with Gasteiger partial charge in [0.25, 0.3) is 5.91 Å². The topological polar surface area (TPSA) is 58.4 Å². The van der Waals surface area contributed by atoms with Crippen LogP contribution in [0.4, 0.5) is 10.7 Å². The van der Waals surface area contributed by atoms with Gasteiger partial charge in [-0.3, -0.25) is 4.79 Å². The number of nitrogens with one attached hydrogen (secondary N) is 1. The smallest absolute Gasteiger partial charge is 0.263 e. The van der Waals surface area contributed by atoms with Gasteiger partial charge in [0.1, 0.15) is 4.88 Å². The van der Waals surface area contributed by atoms with Crippen molar-refractivity contribution in [3.63, 3.8) is 0 Å². The molecule has 104 valence electrons. The Morgan fingerprint density at radius 2 is 2.37 bits per heavy atom. The van der Waals surface area contributed by atoms with Crippen molar-refractivity contribution in [3.05, 3.63) is 23.6 Å². The van der Waals surface area contributed by atoms with Crippen LogP contribution < -0.4 is 16.0 Å². The zero-order valence-corrected chi connectivity index (χ0v) is 12.5. The maximum atomic E-state index is 11.9. The lowest BCUT2D eigenvalue weighted by atomic mass is 10.3. The largest absolute Gasteiger partial charge is 0.397 e. The summed E-state index contributed by atoms with van der Waals surface area (Å²) >= 11 is 3.46. The number of thioether (sulfide) groups is 1. The molecule has 1 aliphatic heterocycles. The number of nitrogen functional groups attached to an aromatic ring is 1. The Morgan fingerprint density at radius 3 is 3.16 bits per heavy atom. The van der Waals surface area contributed by atoms with E-state index in [0.717, 1.165) is 23.8 Å². The van der Waals surface area contributed by atoms with E-state index >= 15 is 0 Å². The maximum Gasteiger partial charge on any atom is 0.263 e. The Balaban J connectivity index is 2.10. The van der Waals surface area contributed by atoms with E-state index in [0.29, 0.717) is 17.1 Å². The lowest BCUT2D eigenvalue weighted by Crippen LogP contribution is -2.24. The summed E-state index contributed by atoms with van der Waals surface area (Å²) < 4.78 is 0. The lowest BCUT2D eigenvalue weighted by Gasteiger charge is -2.19. The first-order valence-electron chi connectivity index (χ1n) is 6.33. The van der Waals surface area contributed by atoms with Crippen LogP contribution in [-0.2, 0) is 0 Å². The van der Waals surface area contributed by atoms with Gasteiger partial charge in [0, 0.05) is 25.4 Å². The Hall–Kier alpha value is -1.14. The summed E-state index contributed by atoms with van der Waals surface area (Å²) in [5.41, 5.74) is 6.52. The first-order chi connectivity index (χ1) is 9.22. The number of nitrogens with zero attached hydrogens (tertiary/aromatic N) is 1. The number of hydrogen-bond donors (Lipinski definition) is 2. The molecule has 0 saturated carbocycles. The molecule has 1 aromatic rings. The molecule has 2 heterocycles. The summed E-state index contributed by atoms with van der Waals surface area (Å²) in [7, 11) is 0. The molecule has 3 N–H and O–H groups in total. The van der Waals surface area contributed by atoms with Gasteiger partial charge >= 0.3 is 0 Å². The van der Waals surface area contributed by atoms with Gasteiger partial charge in [-0.1, -0.05) is 6.08 Å². The van der Waals surface area contributed by atoms with Crippen LogP contribution in [0.1, 0.15) is 16.1 Å². The maximum absolute atomic E-state index is 11.9. The van der Waals surface area contributed by atoms with Crippen molar-refractivity contribution in [1.29, 1.82) is 0 Å². The first-order valence-corrected chi connectivity index (χ1v) is 8.30. The molecule has 1 fully saturated rings. The molecule has 4 nitrogen and oxygen atoms in total. The molecule has 0 aromatic carbocycles. The number of hydrogen-bond acceptors (Lipinski definition) is 5. The predicted octanol–water partition coefficient (Wildman–Crippen LogP) is 2.19. The third-order valence-electron chi connectivity index (χ3n) is 2.89. The molecule has 0 unspecified atom stereocenters. The molecule has 0 spiro atoms. The van der Waals surface area contributed by atoms with Crippen LogP contribution in [0.2, 0.25) is 0 Å². The van der Waals surface area contributed by atoms with E-state index in [2.05, 4.69) is 16.8 Å². The van der Waals surface area contributed by atoms with E-state index in [4.69, 9.17) is 5.73 Å². The highest BCUT2D eigenvalue weighted by molar-refractivity contribution is 7.99. The Bertz CT molecular complexity index is 451. The monoisotopic (exact) mass is 297 g/mol. The van der Waals surface area contributed by atoms with E-state index in [9.17, 15) is 4.79 Å². The standard InChI is InChI=1S/C13H19N3OS2/c1-2-4-15-13(17)12-10(14)9-11(19-12)16-5-3-7-18-8-6-16/h2,9H,1,3-8,14H2,(H,15,17). The molecular weight excluding hydrogens is 278 g/mol. The van der Waals surface area contributed by atoms with Gasteiger partial charge < -0.3 is 16.0 Å². The molecular formula is C13H19N3OS2. The van der Waals surface area contributed by atoms with E-state index in [1.807, 2.05) is 17.8 Å². The van der Waals surface area contributed by atoms with Crippen LogP contribution >= 0.6 is 23.1 Å². The number of anilines is 2. The van der Waals surface area contributed by atoms with Crippen molar-refractivity contribution in [1.82, 2.24) is 5.32 Å². The van der Waals surface area contributed by atoms with Crippen LogP contribution in [-0.4, -0.2) is 37.0 Å². The molecule has 0 bridgehead atoms. The highest BCUT2D eigenvalue weighted by atomic mass is 32.2. The average Bonchev–Trinajstić information content (AvgIpc) is 2.65. The van der Waals surface area contributed by atoms with Crippen molar-refractivity contribution in [2.24, 2.45) is 0 Å². The fourth-order valence-electron chi connectivity index (χ4n) is 1.94. The van der Waals surface area contributed by atoms with Crippen molar-refractivity contribution in [2.75, 3.05) is 41.8 Å². The van der Waals surface area contributed by atoms with Crippen LogP contribution in [0.15, 0.2) is 18.7 Å². The van der Waals surface area contributed by atoms with E-state index < -0.39 is 0 Å². The van der Waals surface area contributed by atoms with Crippen LogP contribution in [0.5, 0.6) is 0 Å². The van der Waals surface area contributed by atoms with Gasteiger partial charge in [-0.05, 0) is 18.2 Å². The molecule has 1 saturated heterocycles. The van der Waals surface area contributed by atoms with Gasteiger partial charge in [0.05, 0.1) is 10.7 Å². The molecule has 2 rings (SSSR count). The quantitative estimate of drug-likeness (QED) is 0.837. The van der Waals surface area contributed by atoms with Crippen molar-refractivity contribution in [2.45, 2.75) is 6.42 Å². The summed E-state index contributed by atoms with van der Waals surface area (Å²) in [4.78, 5) is 14.9. The normalized spacial score (nSPS) is 15.9. The molecule has 1 amide bonds. The summed E-state index contributed by atoms with van der Waals surface area (Å²) in [6.45, 7) is 6.12. The summed E-state index contributed by atoms with van der Waals surface area (Å²) in [5.74, 6) is 2.23. The van der Waals surface area contributed by atoms with Gasteiger partial charge in [0.15, 0.2) is 0 Å². The Morgan fingerprint density at radius 1 is 1.53 bits per heavy atom. The summed E-state index contributed by atoms with van der Waals surface area (Å²) in [5, 5.41) is 3.87. The van der Waals surface area contributed by atoms with Crippen LogP contribution in [0.25, 0.3) is 0 Å². The molecule has 1 aliphatic rings. The number of amides is 1. The van der Waals surface area contributed by atoms with E-state index in [-0.39, 0.29) is 5.91 Å². The Kier molecular flexibility index (Phi) is 5.15. The minimum absolute atomic E-state index is 0.113. The molecule has 19 heavy (non-hydrogen) atoms. The zero-order valence-electron chi connectivity index (χ0n) is 10.9. The van der Waals surface area contributed by atoms with Crippen LogP contribution in [0.3, 0.4) is 0 Å². The van der Waals surface area contributed by atoms with Gasteiger partial charge in [0.2, 0.25) is 0 Å². The number of carbonyl (C=O) groups excluding carboxylic acids is 1. The highest BCUT2D eigenvalue weighted by Gasteiger charge is 2.18. The molecule has 1 aromatic heterocycles. The number of carbonyl (C=O) groups is 1. The highest BCUT2D eigenvalue weighted by Crippen LogP contribution is 2.33. The zero-order chi connectivity index (χ0) is 13.7. The third kappa shape index (κ3) is 3.67. The minimum atomic E-state index is -0.113. The summed E-state index contributed by atoms with van der Waals surface area (Å²) in [6.07, 6.45) is 2.84.